The van der Waals surface area contributed by atoms with Crippen LogP contribution in [0, 0.1) is 23.4 Å². The second-order valence-corrected chi connectivity index (χ2v) is 10.0. The number of halogens is 3. The molecule has 1 aliphatic heterocycles. The molecule has 190 valence electrons. The molecule has 0 spiro atoms. The van der Waals surface area contributed by atoms with Crippen molar-refractivity contribution in [3.63, 3.8) is 0 Å². The Morgan fingerprint density at radius 2 is 1.86 bits per heavy atom. The molecule has 4 unspecified atom stereocenters. The summed E-state index contributed by atoms with van der Waals surface area (Å²) in [4.78, 5) is 22.7. The quantitative estimate of drug-likeness (QED) is 0.474. The third-order valence-electron chi connectivity index (χ3n) is 6.01. The summed E-state index contributed by atoms with van der Waals surface area (Å²) < 4.78 is 55.4. The highest BCUT2D eigenvalue weighted by molar-refractivity contribution is 7.84. The number of aliphatic hydroxyl groups is 1. The van der Waals surface area contributed by atoms with Crippen molar-refractivity contribution >= 4 is 28.1 Å². The predicted octanol–water partition coefficient (Wildman–Crippen LogP) is 2.69. The first-order valence-corrected chi connectivity index (χ1v) is 12.6. The third kappa shape index (κ3) is 5.11. The normalized spacial score (nSPS) is 20.8. The molecular weight excluding hydrogens is 495 g/mol. The number of aromatic nitrogens is 2. The van der Waals surface area contributed by atoms with Crippen LogP contribution in [-0.2, 0) is 10.8 Å². The van der Waals surface area contributed by atoms with Crippen LogP contribution in [0.25, 0.3) is 11.3 Å². The minimum absolute atomic E-state index is 0.105. The number of nitrogens with one attached hydrogen (secondary N) is 1. The van der Waals surface area contributed by atoms with E-state index >= 15 is 0 Å². The first-order valence-electron chi connectivity index (χ1n) is 11.0. The maximum absolute atomic E-state index is 14.6. The SMILES string of the molecule is CC1CN(c2ccncc2NC(=O)c2ccc(F)c(-c3c(F)cc(S(C)=O)cc3F)n2)CC(N)C1O. The van der Waals surface area contributed by atoms with Gasteiger partial charge >= 0.3 is 0 Å². The van der Waals surface area contributed by atoms with Crippen molar-refractivity contribution in [1.82, 2.24) is 9.97 Å². The number of amides is 1. The molecule has 0 saturated carbocycles. The van der Waals surface area contributed by atoms with Gasteiger partial charge in [-0.1, -0.05) is 6.92 Å². The molecule has 0 bridgehead atoms. The lowest BCUT2D eigenvalue weighted by Gasteiger charge is -2.40. The van der Waals surface area contributed by atoms with E-state index < -0.39 is 57.6 Å². The fraction of sp³-hybridized carbons (Fsp3) is 0.292. The van der Waals surface area contributed by atoms with Crippen LogP contribution in [0.15, 0.2) is 47.6 Å². The molecule has 4 rings (SSSR count). The van der Waals surface area contributed by atoms with E-state index in [1.165, 1.54) is 12.5 Å². The molecule has 0 aliphatic carbocycles. The van der Waals surface area contributed by atoms with Gasteiger partial charge in [0.1, 0.15) is 28.8 Å². The Morgan fingerprint density at radius 3 is 2.50 bits per heavy atom. The highest BCUT2D eigenvalue weighted by atomic mass is 32.2. The molecule has 1 fully saturated rings. The summed E-state index contributed by atoms with van der Waals surface area (Å²) in [6, 6.07) is 4.84. The maximum atomic E-state index is 14.6. The van der Waals surface area contributed by atoms with E-state index in [4.69, 9.17) is 5.73 Å². The third-order valence-corrected chi connectivity index (χ3v) is 6.91. The van der Waals surface area contributed by atoms with Crippen LogP contribution in [0.1, 0.15) is 17.4 Å². The smallest absolute Gasteiger partial charge is 0.274 e. The summed E-state index contributed by atoms with van der Waals surface area (Å²) in [7, 11) is -1.66. The van der Waals surface area contributed by atoms with E-state index in [0.717, 1.165) is 24.3 Å². The number of hydrogen-bond acceptors (Lipinski definition) is 7. The Balaban J connectivity index is 1.64. The minimum Gasteiger partial charge on any atom is -0.391 e. The fourth-order valence-corrected chi connectivity index (χ4v) is 4.68. The standard InChI is InChI=1S/C24H24F3N5O3S/c1-12-10-32(11-17(28)23(12)33)20-5-6-29-9-19(20)31-24(34)18-4-3-14(25)22(30-18)21-15(26)7-13(36(2)35)8-16(21)27/h3-9,12,17,23,33H,10-11,28H2,1-2H3,(H,31,34). The number of hydrogen-bond donors (Lipinski definition) is 3. The van der Waals surface area contributed by atoms with E-state index in [-0.39, 0.29) is 16.5 Å². The van der Waals surface area contributed by atoms with Gasteiger partial charge in [-0.15, -0.1) is 0 Å². The lowest BCUT2D eigenvalue weighted by atomic mass is 9.92. The van der Waals surface area contributed by atoms with Gasteiger partial charge < -0.3 is 21.1 Å². The first-order chi connectivity index (χ1) is 17.1. The second-order valence-electron chi connectivity index (χ2n) is 8.63. The summed E-state index contributed by atoms with van der Waals surface area (Å²) in [5.74, 6) is -4.22. The van der Waals surface area contributed by atoms with E-state index in [0.29, 0.717) is 24.5 Å². The number of rotatable bonds is 5. The molecule has 1 saturated heterocycles. The van der Waals surface area contributed by atoms with Crippen molar-refractivity contribution in [1.29, 1.82) is 0 Å². The predicted molar refractivity (Wildman–Crippen MR) is 129 cm³/mol. The number of aliphatic hydroxyl groups excluding tert-OH is 1. The fourth-order valence-electron chi connectivity index (χ4n) is 4.14. The van der Waals surface area contributed by atoms with Crippen molar-refractivity contribution in [3.8, 4) is 11.3 Å². The first kappa shape index (κ1) is 25.7. The summed E-state index contributed by atoms with van der Waals surface area (Å²) in [6.45, 7) is 2.69. The zero-order chi connectivity index (χ0) is 26.1. The van der Waals surface area contributed by atoms with Gasteiger partial charge in [-0.05, 0) is 30.3 Å². The number of pyridine rings is 2. The summed E-state index contributed by atoms with van der Waals surface area (Å²) >= 11 is 0. The van der Waals surface area contributed by atoms with E-state index in [1.54, 1.807) is 12.3 Å². The van der Waals surface area contributed by atoms with Crippen LogP contribution in [-0.4, -0.2) is 56.7 Å². The summed E-state index contributed by atoms with van der Waals surface area (Å²) in [6.07, 6.45) is 3.56. The lowest BCUT2D eigenvalue weighted by Crippen LogP contribution is -2.55. The molecule has 8 nitrogen and oxygen atoms in total. The second kappa shape index (κ2) is 10.3. The Morgan fingerprint density at radius 1 is 1.17 bits per heavy atom. The Kier molecular flexibility index (Phi) is 7.38. The largest absolute Gasteiger partial charge is 0.391 e. The summed E-state index contributed by atoms with van der Waals surface area (Å²) in [5, 5.41) is 12.8. The number of carbonyl (C=O) groups is 1. The molecule has 36 heavy (non-hydrogen) atoms. The molecule has 4 atom stereocenters. The minimum atomic E-state index is -1.66. The van der Waals surface area contributed by atoms with Crippen molar-refractivity contribution in [3.05, 3.63) is 65.9 Å². The van der Waals surface area contributed by atoms with Crippen LogP contribution in [0.5, 0.6) is 0 Å². The topological polar surface area (TPSA) is 121 Å². The molecule has 12 heteroatoms. The maximum Gasteiger partial charge on any atom is 0.274 e. The summed E-state index contributed by atoms with van der Waals surface area (Å²) in [5.41, 5.74) is 5.23. The average Bonchev–Trinajstić information content (AvgIpc) is 2.83. The molecule has 4 N–H and O–H groups in total. The van der Waals surface area contributed by atoms with Crippen LogP contribution in [0.2, 0.25) is 0 Å². The van der Waals surface area contributed by atoms with Gasteiger partial charge in [0.15, 0.2) is 0 Å². The molecule has 2 aromatic heterocycles. The Bertz CT molecular complexity index is 1310. The van der Waals surface area contributed by atoms with Gasteiger partial charge in [0.2, 0.25) is 0 Å². The van der Waals surface area contributed by atoms with Gasteiger partial charge in [-0.2, -0.15) is 0 Å². The molecular formula is C24H24F3N5O3S. The number of anilines is 2. The van der Waals surface area contributed by atoms with Crippen molar-refractivity contribution in [2.24, 2.45) is 11.7 Å². The van der Waals surface area contributed by atoms with E-state index in [1.807, 2.05) is 11.8 Å². The van der Waals surface area contributed by atoms with Gasteiger partial charge in [0.05, 0.1) is 29.2 Å². The number of piperidine rings is 1. The number of nitrogens with zero attached hydrogens (tertiary/aromatic N) is 3. The molecule has 1 aliphatic rings. The molecule has 1 amide bonds. The van der Waals surface area contributed by atoms with E-state index in [9.17, 15) is 27.3 Å². The lowest BCUT2D eigenvalue weighted by molar-refractivity contribution is 0.0785. The van der Waals surface area contributed by atoms with Gasteiger partial charge in [0, 0.05) is 53.2 Å². The van der Waals surface area contributed by atoms with Crippen LogP contribution >= 0.6 is 0 Å². The van der Waals surface area contributed by atoms with Crippen LogP contribution < -0.4 is 16.0 Å². The van der Waals surface area contributed by atoms with Crippen molar-refractivity contribution in [2.75, 3.05) is 29.6 Å². The van der Waals surface area contributed by atoms with Gasteiger partial charge in [-0.3, -0.25) is 14.0 Å². The molecule has 3 heterocycles. The Hall–Kier alpha value is -3.35. The highest BCUT2D eigenvalue weighted by Gasteiger charge is 2.32. The monoisotopic (exact) mass is 519 g/mol. The van der Waals surface area contributed by atoms with Crippen molar-refractivity contribution in [2.45, 2.75) is 24.0 Å². The molecule has 1 aromatic carbocycles. The van der Waals surface area contributed by atoms with Crippen LogP contribution in [0.3, 0.4) is 0 Å². The zero-order valence-corrected chi connectivity index (χ0v) is 20.2. The Labute approximate surface area is 207 Å². The van der Waals surface area contributed by atoms with Crippen molar-refractivity contribution < 1.29 is 27.3 Å². The number of nitrogens with two attached hydrogens (primary N) is 1. The number of benzene rings is 1. The van der Waals surface area contributed by atoms with Crippen LogP contribution in [0.4, 0.5) is 24.5 Å². The highest BCUT2D eigenvalue weighted by Crippen LogP contribution is 2.31. The van der Waals surface area contributed by atoms with E-state index in [2.05, 4.69) is 15.3 Å². The molecule has 3 aromatic rings. The van der Waals surface area contributed by atoms with Gasteiger partial charge in [0.25, 0.3) is 5.91 Å². The average molecular weight is 520 g/mol. The van der Waals surface area contributed by atoms with Gasteiger partial charge in [-0.25, -0.2) is 18.2 Å². The number of carbonyl (C=O) groups excluding carboxylic acids is 1. The molecule has 0 radical (unpaired) electrons. The zero-order valence-electron chi connectivity index (χ0n) is 19.4.